The fourth-order valence-corrected chi connectivity index (χ4v) is 2.57. The van der Waals surface area contributed by atoms with Crippen LogP contribution in [0.5, 0.6) is 5.75 Å². The number of rotatable bonds is 7. The second kappa shape index (κ2) is 8.68. The predicted molar refractivity (Wildman–Crippen MR) is 88.7 cm³/mol. The van der Waals surface area contributed by atoms with E-state index < -0.39 is 6.61 Å². The van der Waals surface area contributed by atoms with Crippen LogP contribution in [0.25, 0.3) is 0 Å². The number of benzene rings is 1. The van der Waals surface area contributed by atoms with Crippen molar-refractivity contribution in [1.29, 1.82) is 0 Å². The van der Waals surface area contributed by atoms with Crippen LogP contribution in [0.2, 0.25) is 0 Å². The Morgan fingerprint density at radius 3 is 2.56 bits per heavy atom. The van der Waals surface area contributed by atoms with Crippen LogP contribution >= 0.6 is 0 Å². The lowest BCUT2D eigenvalue weighted by Gasteiger charge is -2.26. The summed E-state index contributed by atoms with van der Waals surface area (Å²) in [4.78, 5) is 10.8. The Balaban J connectivity index is 1.52. The number of hydrogen-bond acceptors (Lipinski definition) is 6. The fraction of sp³-hybridized carbons (Fsp3) is 0.412. The highest BCUT2D eigenvalue weighted by molar-refractivity contribution is 5.33. The van der Waals surface area contributed by atoms with Crippen LogP contribution in [0.3, 0.4) is 0 Å². The largest absolute Gasteiger partial charge is 0.434 e. The third kappa shape index (κ3) is 5.07. The predicted octanol–water partition coefficient (Wildman–Crippen LogP) is 2.20. The number of morpholine rings is 1. The van der Waals surface area contributed by atoms with E-state index in [1.807, 2.05) is 0 Å². The van der Waals surface area contributed by atoms with Gasteiger partial charge in [-0.05, 0) is 6.07 Å². The number of nitrogens with zero attached hydrogens (tertiary/aromatic N) is 3. The maximum atomic E-state index is 12.4. The minimum Gasteiger partial charge on any atom is -0.434 e. The molecule has 1 aliphatic rings. The van der Waals surface area contributed by atoms with Crippen molar-refractivity contribution < 1.29 is 18.3 Å². The molecule has 0 spiro atoms. The Morgan fingerprint density at radius 2 is 1.84 bits per heavy atom. The van der Waals surface area contributed by atoms with Gasteiger partial charge in [0.2, 0.25) is 5.95 Å². The van der Waals surface area contributed by atoms with Crippen LogP contribution in [0.15, 0.2) is 36.7 Å². The Kier molecular flexibility index (Phi) is 6.08. The lowest BCUT2D eigenvalue weighted by atomic mass is 10.2. The van der Waals surface area contributed by atoms with Gasteiger partial charge in [0.05, 0.1) is 13.2 Å². The number of halogens is 2. The first-order valence-electron chi connectivity index (χ1n) is 8.09. The van der Waals surface area contributed by atoms with Crippen molar-refractivity contribution in [2.75, 3.05) is 31.2 Å². The molecule has 1 saturated heterocycles. The van der Waals surface area contributed by atoms with Gasteiger partial charge in [0, 0.05) is 49.7 Å². The molecule has 134 valence electrons. The normalized spacial score (nSPS) is 14.8. The molecule has 0 unspecified atom stereocenters. The Morgan fingerprint density at radius 1 is 1.12 bits per heavy atom. The van der Waals surface area contributed by atoms with Gasteiger partial charge in [-0.15, -0.1) is 0 Å². The van der Waals surface area contributed by atoms with E-state index >= 15 is 0 Å². The van der Waals surface area contributed by atoms with Crippen LogP contribution < -0.4 is 15.0 Å². The van der Waals surface area contributed by atoms with E-state index in [4.69, 9.17) is 4.74 Å². The summed E-state index contributed by atoms with van der Waals surface area (Å²) in [7, 11) is 0. The first-order valence-corrected chi connectivity index (χ1v) is 8.09. The maximum absolute atomic E-state index is 12.4. The van der Waals surface area contributed by atoms with Gasteiger partial charge in [0.15, 0.2) is 0 Å². The fourth-order valence-electron chi connectivity index (χ4n) is 2.57. The van der Waals surface area contributed by atoms with Crippen molar-refractivity contribution in [2.24, 2.45) is 0 Å². The molecule has 1 N–H and O–H groups in total. The van der Waals surface area contributed by atoms with Gasteiger partial charge < -0.3 is 19.7 Å². The van der Waals surface area contributed by atoms with Crippen molar-refractivity contribution >= 4 is 5.95 Å². The summed E-state index contributed by atoms with van der Waals surface area (Å²) in [6.45, 7) is 1.07. The summed E-state index contributed by atoms with van der Waals surface area (Å²) in [6, 6.07) is 6.74. The minimum absolute atomic E-state index is 0.184. The summed E-state index contributed by atoms with van der Waals surface area (Å²) in [5.41, 5.74) is 1.60. The standard InChI is InChI=1S/C17H20F2N4O2/c18-16(19)25-15-4-2-1-3-14(15)12-20-9-13-10-21-17(22-11-13)23-5-7-24-8-6-23/h1-4,10-11,16,20H,5-9,12H2. The molecule has 0 aliphatic carbocycles. The van der Waals surface area contributed by atoms with Crippen molar-refractivity contribution in [1.82, 2.24) is 15.3 Å². The number of alkyl halides is 2. The van der Waals surface area contributed by atoms with Gasteiger partial charge in [-0.1, -0.05) is 18.2 Å². The highest BCUT2D eigenvalue weighted by atomic mass is 19.3. The minimum atomic E-state index is -2.83. The molecule has 0 bridgehead atoms. The van der Waals surface area contributed by atoms with Crippen LogP contribution in [0, 0.1) is 0 Å². The first-order chi connectivity index (χ1) is 12.2. The number of para-hydroxylation sites is 1. The number of ether oxygens (including phenoxy) is 2. The van der Waals surface area contributed by atoms with E-state index in [9.17, 15) is 8.78 Å². The number of aromatic nitrogens is 2. The SMILES string of the molecule is FC(F)Oc1ccccc1CNCc1cnc(N2CCOCC2)nc1. The quantitative estimate of drug-likeness (QED) is 0.826. The third-order valence-corrected chi connectivity index (χ3v) is 3.82. The maximum Gasteiger partial charge on any atom is 0.387 e. The molecule has 0 radical (unpaired) electrons. The van der Waals surface area contributed by atoms with Crippen molar-refractivity contribution in [3.8, 4) is 5.75 Å². The molecular formula is C17H20F2N4O2. The molecule has 0 saturated carbocycles. The molecule has 25 heavy (non-hydrogen) atoms. The molecule has 1 aromatic heterocycles. The number of nitrogens with one attached hydrogen (secondary N) is 1. The molecule has 2 heterocycles. The highest BCUT2D eigenvalue weighted by Gasteiger charge is 2.13. The van der Waals surface area contributed by atoms with E-state index in [0.29, 0.717) is 37.8 Å². The van der Waals surface area contributed by atoms with Crippen LogP contribution in [-0.2, 0) is 17.8 Å². The summed E-state index contributed by atoms with van der Waals surface area (Å²) in [6.07, 6.45) is 3.54. The molecule has 3 rings (SSSR count). The number of hydrogen-bond donors (Lipinski definition) is 1. The lowest BCUT2D eigenvalue weighted by molar-refractivity contribution is -0.0505. The molecule has 1 fully saturated rings. The van der Waals surface area contributed by atoms with Gasteiger partial charge in [-0.3, -0.25) is 0 Å². The zero-order valence-corrected chi connectivity index (χ0v) is 13.7. The van der Waals surface area contributed by atoms with Crippen LogP contribution in [-0.4, -0.2) is 42.9 Å². The Hall–Kier alpha value is -2.32. The van der Waals surface area contributed by atoms with Gasteiger partial charge in [0.25, 0.3) is 0 Å². The topological polar surface area (TPSA) is 59.5 Å². The van der Waals surface area contributed by atoms with Gasteiger partial charge in [0.1, 0.15) is 5.75 Å². The van der Waals surface area contributed by atoms with Crippen molar-refractivity contribution in [3.63, 3.8) is 0 Å². The zero-order valence-electron chi connectivity index (χ0n) is 13.7. The van der Waals surface area contributed by atoms with E-state index in [-0.39, 0.29) is 5.75 Å². The second-order valence-corrected chi connectivity index (χ2v) is 5.58. The lowest BCUT2D eigenvalue weighted by Crippen LogP contribution is -2.37. The monoisotopic (exact) mass is 350 g/mol. The average molecular weight is 350 g/mol. The summed E-state index contributed by atoms with van der Waals surface area (Å²) < 4.78 is 34.6. The highest BCUT2D eigenvalue weighted by Crippen LogP contribution is 2.20. The first kappa shape index (κ1) is 17.5. The van der Waals surface area contributed by atoms with E-state index in [2.05, 4.69) is 24.9 Å². The molecule has 2 aromatic rings. The zero-order chi connectivity index (χ0) is 17.5. The summed E-state index contributed by atoms with van der Waals surface area (Å²) in [5, 5.41) is 3.19. The van der Waals surface area contributed by atoms with Gasteiger partial charge in [-0.25, -0.2) is 9.97 Å². The van der Waals surface area contributed by atoms with Crippen molar-refractivity contribution in [2.45, 2.75) is 19.7 Å². The van der Waals surface area contributed by atoms with E-state index in [0.717, 1.165) is 18.7 Å². The van der Waals surface area contributed by atoms with Gasteiger partial charge >= 0.3 is 6.61 Å². The van der Waals surface area contributed by atoms with Gasteiger partial charge in [-0.2, -0.15) is 8.78 Å². The summed E-state index contributed by atoms with van der Waals surface area (Å²) >= 11 is 0. The average Bonchev–Trinajstić information content (AvgIpc) is 2.64. The number of anilines is 1. The molecule has 8 heteroatoms. The summed E-state index contributed by atoms with van der Waals surface area (Å²) in [5.74, 6) is 0.881. The molecule has 1 aromatic carbocycles. The molecule has 0 atom stereocenters. The second-order valence-electron chi connectivity index (χ2n) is 5.58. The molecule has 0 amide bonds. The Labute approximate surface area is 144 Å². The Bertz CT molecular complexity index is 664. The smallest absolute Gasteiger partial charge is 0.387 e. The van der Waals surface area contributed by atoms with E-state index in [1.165, 1.54) is 6.07 Å². The molecule has 6 nitrogen and oxygen atoms in total. The third-order valence-electron chi connectivity index (χ3n) is 3.82. The van der Waals surface area contributed by atoms with Crippen LogP contribution in [0.1, 0.15) is 11.1 Å². The molecule has 1 aliphatic heterocycles. The van der Waals surface area contributed by atoms with Crippen LogP contribution in [0.4, 0.5) is 14.7 Å². The molecular weight excluding hydrogens is 330 g/mol. The van der Waals surface area contributed by atoms with Crippen molar-refractivity contribution in [3.05, 3.63) is 47.8 Å². The van der Waals surface area contributed by atoms with E-state index in [1.54, 1.807) is 30.6 Å².